The predicted octanol–water partition coefficient (Wildman–Crippen LogP) is 3.27. The number of hydrogen-bond donors (Lipinski definition) is 0. The summed E-state index contributed by atoms with van der Waals surface area (Å²) in [5.74, 6) is 0.151. The maximum absolute atomic E-state index is 12.9. The lowest BCUT2D eigenvalue weighted by molar-refractivity contribution is 0.0746. The van der Waals surface area contributed by atoms with Gasteiger partial charge in [0.15, 0.2) is 0 Å². The third-order valence-electron chi connectivity index (χ3n) is 4.46. The molecule has 4 nitrogen and oxygen atoms in total. The van der Waals surface area contributed by atoms with Crippen molar-refractivity contribution in [2.45, 2.75) is 13.8 Å². The number of aryl methyl sites for hydroxylation is 1. The van der Waals surface area contributed by atoms with Crippen molar-refractivity contribution < 1.29 is 4.79 Å². The van der Waals surface area contributed by atoms with Gasteiger partial charge in [-0.25, -0.2) is 0 Å². The van der Waals surface area contributed by atoms with E-state index in [1.54, 1.807) is 0 Å². The van der Waals surface area contributed by atoms with E-state index in [-0.39, 0.29) is 5.91 Å². The van der Waals surface area contributed by atoms with E-state index in [1.165, 1.54) is 11.3 Å². The monoisotopic (exact) mass is 421 g/mol. The molecule has 0 radical (unpaired) electrons. The predicted molar refractivity (Wildman–Crippen MR) is 101 cm³/mol. The number of hydrogen-bond acceptors (Lipinski definition) is 3. The zero-order chi connectivity index (χ0) is 16.4. The highest BCUT2D eigenvalue weighted by Gasteiger charge is 2.24. The second kappa shape index (κ2) is 6.86. The molecule has 0 aliphatic carbocycles. The van der Waals surface area contributed by atoms with Crippen LogP contribution in [-0.2, 0) is 0 Å². The molecule has 1 amide bonds. The van der Waals surface area contributed by atoms with Gasteiger partial charge in [-0.05, 0) is 71.8 Å². The first-order valence-corrected chi connectivity index (χ1v) is 8.85. The van der Waals surface area contributed by atoms with Crippen LogP contribution < -0.4 is 4.90 Å². The number of piperazine rings is 1. The van der Waals surface area contributed by atoms with E-state index < -0.39 is 0 Å². The summed E-state index contributed by atoms with van der Waals surface area (Å²) in [7, 11) is 0. The molecule has 1 aliphatic heterocycles. The van der Waals surface area contributed by atoms with E-state index in [4.69, 9.17) is 0 Å². The Bertz CT molecular complexity index is 710. The standard InChI is InChI=1S/C18H20IN3O/c1-13-11-15(19)12-17(14(13)2)18(23)22-9-7-21(8-10-22)16-3-5-20-6-4-16/h3-6,11-12H,7-10H2,1-2H3. The number of aromatic nitrogens is 1. The molecule has 1 aromatic heterocycles. The summed E-state index contributed by atoms with van der Waals surface area (Å²) in [6, 6.07) is 8.16. The van der Waals surface area contributed by atoms with Crippen LogP contribution in [-0.4, -0.2) is 42.0 Å². The summed E-state index contributed by atoms with van der Waals surface area (Å²) >= 11 is 2.28. The Labute approximate surface area is 150 Å². The first kappa shape index (κ1) is 16.2. The van der Waals surface area contributed by atoms with E-state index >= 15 is 0 Å². The normalized spacial score (nSPS) is 14.9. The maximum atomic E-state index is 12.9. The molecule has 1 fully saturated rings. The van der Waals surface area contributed by atoms with Crippen LogP contribution in [0.25, 0.3) is 0 Å². The van der Waals surface area contributed by atoms with Crippen molar-refractivity contribution in [1.29, 1.82) is 0 Å². The summed E-state index contributed by atoms with van der Waals surface area (Å²) in [5, 5.41) is 0. The van der Waals surface area contributed by atoms with Gasteiger partial charge < -0.3 is 9.80 Å². The molecule has 0 atom stereocenters. The molecule has 0 bridgehead atoms. The van der Waals surface area contributed by atoms with Gasteiger partial charge in [-0.3, -0.25) is 9.78 Å². The number of carbonyl (C=O) groups is 1. The number of amides is 1. The number of pyridine rings is 1. The minimum atomic E-state index is 0.151. The molecular formula is C18H20IN3O. The number of rotatable bonds is 2. The molecule has 1 saturated heterocycles. The van der Waals surface area contributed by atoms with Gasteiger partial charge >= 0.3 is 0 Å². The van der Waals surface area contributed by atoms with Crippen molar-refractivity contribution >= 4 is 34.2 Å². The Kier molecular flexibility index (Phi) is 4.84. The third-order valence-corrected chi connectivity index (χ3v) is 5.08. The van der Waals surface area contributed by atoms with Crippen LogP contribution in [0.1, 0.15) is 21.5 Å². The van der Waals surface area contributed by atoms with E-state index in [0.29, 0.717) is 0 Å². The van der Waals surface area contributed by atoms with Crippen molar-refractivity contribution in [3.05, 3.63) is 56.9 Å². The highest BCUT2D eigenvalue weighted by atomic mass is 127. The SMILES string of the molecule is Cc1cc(I)cc(C(=O)N2CCN(c3ccncc3)CC2)c1C. The van der Waals surface area contributed by atoms with Crippen molar-refractivity contribution in [2.24, 2.45) is 0 Å². The minimum Gasteiger partial charge on any atom is -0.368 e. The zero-order valence-corrected chi connectivity index (χ0v) is 15.6. The Morgan fingerprint density at radius 1 is 1.09 bits per heavy atom. The molecule has 0 N–H and O–H groups in total. The van der Waals surface area contributed by atoms with E-state index in [1.807, 2.05) is 42.4 Å². The van der Waals surface area contributed by atoms with Gasteiger partial charge in [0.2, 0.25) is 0 Å². The minimum absolute atomic E-state index is 0.151. The Hall–Kier alpha value is -1.63. The van der Waals surface area contributed by atoms with Crippen molar-refractivity contribution in [3.63, 3.8) is 0 Å². The summed E-state index contributed by atoms with van der Waals surface area (Å²) in [6.45, 7) is 7.33. The fraction of sp³-hybridized carbons (Fsp3) is 0.333. The molecule has 1 aromatic carbocycles. The van der Waals surface area contributed by atoms with Crippen LogP contribution in [0.4, 0.5) is 5.69 Å². The first-order valence-electron chi connectivity index (χ1n) is 7.77. The molecular weight excluding hydrogens is 401 g/mol. The average molecular weight is 421 g/mol. The Balaban J connectivity index is 1.72. The largest absolute Gasteiger partial charge is 0.368 e. The molecule has 0 spiro atoms. The van der Waals surface area contributed by atoms with Gasteiger partial charge in [-0.15, -0.1) is 0 Å². The molecule has 23 heavy (non-hydrogen) atoms. The second-order valence-electron chi connectivity index (χ2n) is 5.88. The quantitative estimate of drug-likeness (QED) is 0.699. The summed E-state index contributed by atoms with van der Waals surface area (Å²) in [6.07, 6.45) is 3.62. The van der Waals surface area contributed by atoms with Gasteiger partial charge in [0.1, 0.15) is 0 Å². The first-order chi connectivity index (χ1) is 11.1. The van der Waals surface area contributed by atoms with Crippen molar-refractivity contribution in [2.75, 3.05) is 31.1 Å². The fourth-order valence-electron chi connectivity index (χ4n) is 2.93. The lowest BCUT2D eigenvalue weighted by Gasteiger charge is -2.36. The smallest absolute Gasteiger partial charge is 0.254 e. The molecule has 0 saturated carbocycles. The molecule has 0 unspecified atom stereocenters. The highest BCUT2D eigenvalue weighted by molar-refractivity contribution is 14.1. The van der Waals surface area contributed by atoms with Crippen LogP contribution in [0.2, 0.25) is 0 Å². The lowest BCUT2D eigenvalue weighted by atomic mass is 10.0. The van der Waals surface area contributed by atoms with E-state index in [0.717, 1.165) is 40.9 Å². The Morgan fingerprint density at radius 3 is 2.39 bits per heavy atom. The average Bonchev–Trinajstić information content (AvgIpc) is 2.58. The number of halogens is 1. The molecule has 1 aliphatic rings. The van der Waals surface area contributed by atoms with Crippen LogP contribution in [0, 0.1) is 17.4 Å². The van der Waals surface area contributed by atoms with Gasteiger partial charge in [0, 0.05) is 53.4 Å². The van der Waals surface area contributed by atoms with E-state index in [9.17, 15) is 4.79 Å². The maximum Gasteiger partial charge on any atom is 0.254 e. The third kappa shape index (κ3) is 3.49. The van der Waals surface area contributed by atoms with Crippen molar-refractivity contribution in [1.82, 2.24) is 9.88 Å². The van der Waals surface area contributed by atoms with Gasteiger partial charge in [-0.1, -0.05) is 0 Å². The summed E-state index contributed by atoms with van der Waals surface area (Å²) < 4.78 is 1.12. The molecule has 2 heterocycles. The van der Waals surface area contributed by atoms with Gasteiger partial charge in [0.25, 0.3) is 5.91 Å². The number of nitrogens with zero attached hydrogens (tertiary/aromatic N) is 3. The lowest BCUT2D eigenvalue weighted by Crippen LogP contribution is -2.49. The fourth-order valence-corrected chi connectivity index (χ4v) is 3.71. The zero-order valence-electron chi connectivity index (χ0n) is 13.4. The molecule has 2 aromatic rings. The van der Waals surface area contributed by atoms with E-state index in [2.05, 4.69) is 45.5 Å². The summed E-state index contributed by atoms with van der Waals surface area (Å²) in [4.78, 5) is 21.2. The Morgan fingerprint density at radius 2 is 1.74 bits per heavy atom. The van der Waals surface area contributed by atoms with Crippen LogP contribution in [0.3, 0.4) is 0 Å². The number of benzene rings is 1. The van der Waals surface area contributed by atoms with Crippen LogP contribution >= 0.6 is 22.6 Å². The van der Waals surface area contributed by atoms with Crippen LogP contribution in [0.15, 0.2) is 36.7 Å². The van der Waals surface area contributed by atoms with Crippen LogP contribution in [0.5, 0.6) is 0 Å². The second-order valence-corrected chi connectivity index (χ2v) is 7.13. The highest BCUT2D eigenvalue weighted by Crippen LogP contribution is 2.21. The van der Waals surface area contributed by atoms with Gasteiger partial charge in [0.05, 0.1) is 0 Å². The molecule has 5 heteroatoms. The summed E-state index contributed by atoms with van der Waals surface area (Å²) in [5.41, 5.74) is 4.28. The van der Waals surface area contributed by atoms with Gasteiger partial charge in [-0.2, -0.15) is 0 Å². The van der Waals surface area contributed by atoms with Crippen molar-refractivity contribution in [3.8, 4) is 0 Å². The number of anilines is 1. The topological polar surface area (TPSA) is 36.4 Å². The number of carbonyl (C=O) groups excluding carboxylic acids is 1. The molecule has 3 rings (SSSR count). The molecule has 120 valence electrons.